The largest absolute Gasteiger partial charge is 0.477 e. The maximum absolute atomic E-state index is 13.1. The lowest BCUT2D eigenvalue weighted by molar-refractivity contribution is -0.129. The molecule has 1 atom stereocenters. The Morgan fingerprint density at radius 3 is 2.54 bits per heavy atom. The monoisotopic (exact) mass is 400 g/mol. The smallest absolute Gasteiger partial charge is 0.263 e. The zero-order chi connectivity index (χ0) is 20.1. The number of hydrogen-bond donors (Lipinski definition) is 1. The van der Waals surface area contributed by atoms with Gasteiger partial charge in [0.15, 0.2) is 6.10 Å². The highest BCUT2D eigenvalue weighted by atomic mass is 35.5. The third-order valence-corrected chi connectivity index (χ3v) is 5.37. The van der Waals surface area contributed by atoms with E-state index < -0.39 is 6.10 Å². The summed E-state index contributed by atoms with van der Waals surface area (Å²) in [7, 11) is 0. The molecule has 1 heterocycles. The Hall–Kier alpha value is -2.53. The van der Waals surface area contributed by atoms with E-state index in [9.17, 15) is 9.59 Å². The summed E-state index contributed by atoms with van der Waals surface area (Å²) in [5.74, 6) is 0.217. The van der Waals surface area contributed by atoms with Crippen molar-refractivity contribution in [3.05, 3.63) is 59.1 Å². The Labute approximate surface area is 170 Å². The summed E-state index contributed by atoms with van der Waals surface area (Å²) in [5, 5.41) is 3.57. The lowest BCUT2D eigenvalue weighted by Crippen LogP contribution is -2.52. The van der Waals surface area contributed by atoms with Crippen molar-refractivity contribution in [3.8, 4) is 5.75 Å². The number of benzene rings is 2. The number of amides is 2. The van der Waals surface area contributed by atoms with Gasteiger partial charge in [-0.1, -0.05) is 55.8 Å². The number of hydrogen-bond acceptors (Lipinski definition) is 3. The molecule has 1 aliphatic rings. The quantitative estimate of drug-likeness (QED) is 0.797. The summed E-state index contributed by atoms with van der Waals surface area (Å²) in [5.41, 5.74) is 1.43. The van der Waals surface area contributed by atoms with E-state index in [2.05, 4.69) is 5.32 Å². The van der Waals surface area contributed by atoms with Crippen LogP contribution in [-0.2, 0) is 16.0 Å². The van der Waals surface area contributed by atoms with E-state index in [0.29, 0.717) is 16.5 Å². The number of ether oxygens (including phenoxy) is 1. The highest BCUT2D eigenvalue weighted by Crippen LogP contribution is 2.34. The highest BCUT2D eigenvalue weighted by molar-refractivity contribution is 6.31. The first-order valence-corrected chi connectivity index (χ1v) is 10.0. The molecule has 0 aromatic heterocycles. The average Bonchev–Trinajstić information content (AvgIpc) is 2.72. The molecule has 1 N–H and O–H groups in total. The molecule has 0 aliphatic carbocycles. The molecule has 2 aromatic carbocycles. The number of nitrogens with one attached hydrogen (secondary N) is 1. The van der Waals surface area contributed by atoms with E-state index in [4.69, 9.17) is 16.3 Å². The zero-order valence-corrected chi connectivity index (χ0v) is 16.9. The molecule has 0 radical (unpaired) electrons. The molecule has 2 aromatic rings. The summed E-state index contributed by atoms with van der Waals surface area (Å²) < 4.78 is 5.91. The second kappa shape index (κ2) is 9.11. The average molecular weight is 401 g/mol. The molecule has 148 valence electrons. The number of carbonyl (C=O) groups excluding carboxylic acids is 2. The molecule has 5 nitrogen and oxygen atoms in total. The number of fused-ring (bicyclic) bond motifs is 1. The van der Waals surface area contributed by atoms with Crippen molar-refractivity contribution in [1.29, 1.82) is 0 Å². The Morgan fingerprint density at radius 1 is 1.14 bits per heavy atom. The van der Waals surface area contributed by atoms with Crippen molar-refractivity contribution in [3.63, 3.8) is 0 Å². The van der Waals surface area contributed by atoms with Gasteiger partial charge in [0, 0.05) is 11.1 Å². The second-order valence-electron chi connectivity index (χ2n) is 6.87. The van der Waals surface area contributed by atoms with Gasteiger partial charge >= 0.3 is 0 Å². The van der Waals surface area contributed by atoms with Crippen LogP contribution in [0.2, 0.25) is 5.02 Å². The molecule has 28 heavy (non-hydrogen) atoms. The van der Waals surface area contributed by atoms with Crippen LogP contribution < -0.4 is 15.0 Å². The Balaban J connectivity index is 1.82. The third-order valence-electron chi connectivity index (χ3n) is 5.00. The van der Waals surface area contributed by atoms with Crippen molar-refractivity contribution in [2.24, 2.45) is 0 Å². The minimum absolute atomic E-state index is 0.0977. The van der Waals surface area contributed by atoms with Crippen molar-refractivity contribution >= 4 is 29.1 Å². The Kier molecular flexibility index (Phi) is 6.57. The number of nitrogens with zero attached hydrogens (tertiary/aromatic N) is 1. The van der Waals surface area contributed by atoms with Crippen LogP contribution in [0.15, 0.2) is 48.5 Å². The second-order valence-corrected chi connectivity index (χ2v) is 7.28. The van der Waals surface area contributed by atoms with Crippen LogP contribution in [0.4, 0.5) is 5.69 Å². The number of carbonyl (C=O) groups is 2. The van der Waals surface area contributed by atoms with Gasteiger partial charge in [0.1, 0.15) is 5.75 Å². The molecular weight excluding hydrogens is 376 g/mol. The van der Waals surface area contributed by atoms with Crippen LogP contribution >= 0.6 is 11.6 Å². The van der Waals surface area contributed by atoms with Gasteiger partial charge in [-0.25, -0.2) is 0 Å². The normalized spacial score (nSPS) is 15.7. The molecule has 1 aliphatic heterocycles. The molecule has 3 rings (SSSR count). The topological polar surface area (TPSA) is 58.6 Å². The molecule has 0 spiro atoms. The van der Waals surface area contributed by atoms with Gasteiger partial charge < -0.3 is 15.0 Å². The predicted octanol–water partition coefficient (Wildman–Crippen LogP) is 3.98. The van der Waals surface area contributed by atoms with E-state index in [1.165, 1.54) is 0 Å². The fraction of sp³-hybridized carbons (Fsp3) is 0.364. The third kappa shape index (κ3) is 4.47. The summed E-state index contributed by atoms with van der Waals surface area (Å²) in [6.07, 6.45) is 1.11. The Morgan fingerprint density at radius 2 is 1.82 bits per heavy atom. The first kappa shape index (κ1) is 20.2. The number of anilines is 1. The minimum Gasteiger partial charge on any atom is -0.477 e. The number of halogens is 1. The lowest BCUT2D eigenvalue weighted by atomic mass is 10.1. The minimum atomic E-state index is -0.745. The van der Waals surface area contributed by atoms with E-state index in [0.717, 1.165) is 18.4 Å². The first-order valence-electron chi connectivity index (χ1n) is 9.63. The summed E-state index contributed by atoms with van der Waals surface area (Å²) in [6, 6.07) is 14.7. The highest BCUT2D eigenvalue weighted by Gasteiger charge is 2.34. The van der Waals surface area contributed by atoms with Crippen LogP contribution in [0.3, 0.4) is 0 Å². The fourth-order valence-electron chi connectivity index (χ4n) is 3.29. The zero-order valence-electron chi connectivity index (χ0n) is 16.2. The fourth-order valence-corrected chi connectivity index (χ4v) is 3.50. The first-order chi connectivity index (χ1) is 13.5. The predicted molar refractivity (Wildman–Crippen MR) is 111 cm³/mol. The van der Waals surface area contributed by atoms with Crippen LogP contribution in [0, 0.1) is 0 Å². The molecule has 0 bridgehead atoms. The maximum atomic E-state index is 13.1. The number of para-hydroxylation sites is 2. The SMILES string of the molecule is CCC(CC)NC(=O)C1CN(C(=O)Cc2ccccc2Cl)c2ccccc2O1. The van der Waals surface area contributed by atoms with Crippen LogP contribution in [0.1, 0.15) is 32.3 Å². The van der Waals surface area contributed by atoms with Gasteiger partial charge in [-0.2, -0.15) is 0 Å². The molecule has 0 saturated carbocycles. The standard InChI is InChI=1S/C22H25ClN2O3/c1-3-16(4-2)24-22(27)20-14-25(18-11-7-8-12-19(18)28-20)21(26)13-15-9-5-6-10-17(15)23/h5-12,16,20H,3-4,13-14H2,1-2H3,(H,24,27). The van der Waals surface area contributed by atoms with Crippen molar-refractivity contribution in [2.75, 3.05) is 11.4 Å². The van der Waals surface area contributed by atoms with Gasteiger partial charge in [-0.15, -0.1) is 0 Å². The van der Waals surface area contributed by atoms with Gasteiger partial charge in [0.25, 0.3) is 5.91 Å². The van der Waals surface area contributed by atoms with Gasteiger partial charge in [0.2, 0.25) is 5.91 Å². The number of rotatable bonds is 6. The van der Waals surface area contributed by atoms with Crippen molar-refractivity contribution in [1.82, 2.24) is 5.32 Å². The molecular formula is C22H25ClN2O3. The lowest BCUT2D eigenvalue weighted by Gasteiger charge is -2.35. The van der Waals surface area contributed by atoms with Gasteiger partial charge in [-0.05, 0) is 36.6 Å². The van der Waals surface area contributed by atoms with Crippen LogP contribution in [0.5, 0.6) is 5.75 Å². The van der Waals surface area contributed by atoms with E-state index in [-0.39, 0.29) is 30.8 Å². The molecule has 6 heteroatoms. The van der Waals surface area contributed by atoms with Crippen molar-refractivity contribution < 1.29 is 14.3 Å². The molecule has 0 fully saturated rings. The van der Waals surface area contributed by atoms with E-state index >= 15 is 0 Å². The maximum Gasteiger partial charge on any atom is 0.263 e. The molecule has 1 unspecified atom stereocenters. The van der Waals surface area contributed by atoms with E-state index in [1.807, 2.05) is 50.2 Å². The van der Waals surface area contributed by atoms with Crippen LogP contribution in [0.25, 0.3) is 0 Å². The van der Waals surface area contributed by atoms with E-state index in [1.54, 1.807) is 17.0 Å². The molecule has 0 saturated heterocycles. The van der Waals surface area contributed by atoms with Gasteiger partial charge in [-0.3, -0.25) is 9.59 Å². The summed E-state index contributed by atoms with van der Waals surface area (Å²) >= 11 is 6.22. The molecule has 2 amide bonds. The van der Waals surface area contributed by atoms with Crippen LogP contribution in [-0.4, -0.2) is 30.5 Å². The summed E-state index contributed by atoms with van der Waals surface area (Å²) in [6.45, 7) is 4.24. The Bertz CT molecular complexity index is 851. The van der Waals surface area contributed by atoms with Crippen molar-refractivity contribution in [2.45, 2.75) is 45.3 Å². The van der Waals surface area contributed by atoms with Gasteiger partial charge in [0.05, 0.1) is 18.7 Å². The summed E-state index contributed by atoms with van der Waals surface area (Å²) in [4.78, 5) is 27.4.